The molecule has 1 atom stereocenters. The van der Waals surface area contributed by atoms with Crippen molar-refractivity contribution in [1.82, 2.24) is 25.1 Å². The van der Waals surface area contributed by atoms with E-state index in [1.54, 1.807) is 29.7 Å². The number of anilines is 1. The van der Waals surface area contributed by atoms with Gasteiger partial charge in [-0.3, -0.25) is 19.3 Å². The number of amides is 2. The number of rotatable bonds is 6. The number of carbonyl (C=O) groups is 2. The molecule has 0 bridgehead atoms. The molecule has 1 aliphatic heterocycles. The Balaban J connectivity index is 1.47. The fourth-order valence-corrected chi connectivity index (χ4v) is 4.23. The van der Waals surface area contributed by atoms with Crippen molar-refractivity contribution in [1.29, 1.82) is 0 Å². The molecule has 0 aliphatic carbocycles. The summed E-state index contributed by atoms with van der Waals surface area (Å²) in [7, 11) is 0. The first-order valence-corrected chi connectivity index (χ1v) is 11.6. The van der Waals surface area contributed by atoms with Crippen molar-refractivity contribution in [2.24, 2.45) is 0 Å². The number of nitrogens with one attached hydrogen (secondary N) is 1. The van der Waals surface area contributed by atoms with Crippen molar-refractivity contribution in [3.63, 3.8) is 0 Å². The van der Waals surface area contributed by atoms with E-state index in [2.05, 4.69) is 20.4 Å². The molecule has 176 valence electrons. The predicted octanol–water partition coefficient (Wildman–Crippen LogP) is 3.98. The van der Waals surface area contributed by atoms with Crippen LogP contribution in [0.25, 0.3) is 0 Å². The quantitative estimate of drug-likeness (QED) is 0.464. The number of aromatic nitrogens is 4. The molecule has 0 radical (unpaired) electrons. The Morgan fingerprint density at radius 2 is 1.80 bits per heavy atom. The number of pyridine rings is 1. The standard InChI is InChI=1S/C27H26N6O2/c1-18(2)33-17-30-25(31-33)23-16-32(27(35)20-6-4-3-5-7-20)24-9-8-21(14-22(23)24)26(34)29-15-19-10-12-28-13-11-19/h3-14,17-18,23H,15-16H2,1-2H3,(H,29,34)/t23-/m1/s1. The number of hydrogen-bond donors (Lipinski definition) is 1. The Bertz CT molecular complexity index is 1350. The monoisotopic (exact) mass is 466 g/mol. The van der Waals surface area contributed by atoms with Gasteiger partial charge in [-0.05, 0) is 67.4 Å². The van der Waals surface area contributed by atoms with E-state index in [9.17, 15) is 9.59 Å². The molecule has 0 fully saturated rings. The summed E-state index contributed by atoms with van der Waals surface area (Å²) >= 11 is 0. The third-order valence-electron chi connectivity index (χ3n) is 6.16. The third-order valence-corrected chi connectivity index (χ3v) is 6.16. The smallest absolute Gasteiger partial charge is 0.258 e. The molecule has 5 rings (SSSR count). The van der Waals surface area contributed by atoms with Crippen LogP contribution in [0.2, 0.25) is 0 Å². The second-order valence-electron chi connectivity index (χ2n) is 8.82. The first kappa shape index (κ1) is 22.5. The molecule has 8 nitrogen and oxygen atoms in total. The average molecular weight is 467 g/mol. The van der Waals surface area contributed by atoms with Gasteiger partial charge in [-0.1, -0.05) is 18.2 Å². The summed E-state index contributed by atoms with van der Waals surface area (Å²) in [4.78, 5) is 36.6. The Morgan fingerprint density at radius 1 is 1.03 bits per heavy atom. The highest BCUT2D eigenvalue weighted by Crippen LogP contribution is 2.40. The van der Waals surface area contributed by atoms with Gasteiger partial charge in [-0.25, -0.2) is 4.98 Å². The highest BCUT2D eigenvalue weighted by Gasteiger charge is 2.36. The molecule has 2 aromatic carbocycles. The number of fused-ring (bicyclic) bond motifs is 1. The van der Waals surface area contributed by atoms with Gasteiger partial charge in [-0.15, -0.1) is 0 Å². The number of carbonyl (C=O) groups excluding carboxylic acids is 2. The number of nitrogens with zero attached hydrogens (tertiary/aromatic N) is 5. The molecule has 0 saturated heterocycles. The van der Waals surface area contributed by atoms with Crippen LogP contribution < -0.4 is 10.2 Å². The van der Waals surface area contributed by atoms with Gasteiger partial charge in [0.05, 0.1) is 5.92 Å². The lowest BCUT2D eigenvalue weighted by molar-refractivity contribution is 0.0949. The third kappa shape index (κ3) is 4.55. The molecule has 2 aromatic heterocycles. The van der Waals surface area contributed by atoms with Crippen LogP contribution in [0.4, 0.5) is 5.69 Å². The Hall–Kier alpha value is -4.33. The molecule has 0 saturated carbocycles. The van der Waals surface area contributed by atoms with Crippen LogP contribution in [0.5, 0.6) is 0 Å². The van der Waals surface area contributed by atoms with Crippen molar-refractivity contribution in [3.8, 4) is 0 Å². The Morgan fingerprint density at radius 3 is 2.51 bits per heavy atom. The van der Waals surface area contributed by atoms with E-state index in [1.807, 2.05) is 73.1 Å². The van der Waals surface area contributed by atoms with Crippen LogP contribution in [0.15, 0.2) is 79.4 Å². The van der Waals surface area contributed by atoms with Gasteiger partial charge >= 0.3 is 0 Å². The van der Waals surface area contributed by atoms with Gasteiger partial charge in [0.2, 0.25) is 0 Å². The first-order chi connectivity index (χ1) is 17.0. The number of hydrogen-bond acceptors (Lipinski definition) is 5. The summed E-state index contributed by atoms with van der Waals surface area (Å²) < 4.78 is 1.81. The topological polar surface area (TPSA) is 93.0 Å². The van der Waals surface area contributed by atoms with Crippen molar-refractivity contribution in [3.05, 3.63) is 107 Å². The minimum atomic E-state index is -0.231. The molecular weight excluding hydrogens is 440 g/mol. The van der Waals surface area contributed by atoms with Crippen molar-refractivity contribution >= 4 is 17.5 Å². The summed E-state index contributed by atoms with van der Waals surface area (Å²) in [5.74, 6) is 0.132. The van der Waals surface area contributed by atoms with Crippen LogP contribution in [0, 0.1) is 0 Å². The van der Waals surface area contributed by atoms with Gasteiger partial charge in [0, 0.05) is 48.3 Å². The van der Waals surface area contributed by atoms with Crippen LogP contribution >= 0.6 is 0 Å². The molecule has 2 amide bonds. The molecule has 0 spiro atoms. The van der Waals surface area contributed by atoms with E-state index in [4.69, 9.17) is 0 Å². The van der Waals surface area contributed by atoms with E-state index in [0.29, 0.717) is 30.0 Å². The fraction of sp³-hybridized carbons (Fsp3) is 0.222. The zero-order valence-corrected chi connectivity index (χ0v) is 19.6. The highest BCUT2D eigenvalue weighted by molar-refractivity contribution is 6.08. The lowest BCUT2D eigenvalue weighted by Crippen LogP contribution is -2.30. The van der Waals surface area contributed by atoms with Crippen LogP contribution in [0.1, 0.15) is 63.5 Å². The Labute approximate surface area is 203 Å². The van der Waals surface area contributed by atoms with Gasteiger partial charge in [-0.2, -0.15) is 5.10 Å². The lowest BCUT2D eigenvalue weighted by Gasteiger charge is -2.18. The zero-order chi connectivity index (χ0) is 24.4. The summed E-state index contributed by atoms with van der Waals surface area (Å²) in [6, 6.07) is 18.6. The van der Waals surface area contributed by atoms with Crippen LogP contribution in [0.3, 0.4) is 0 Å². The molecular formula is C27H26N6O2. The molecule has 8 heteroatoms. The van der Waals surface area contributed by atoms with Gasteiger partial charge < -0.3 is 10.2 Å². The molecule has 3 heterocycles. The van der Waals surface area contributed by atoms with Crippen LogP contribution in [-0.4, -0.2) is 38.1 Å². The second kappa shape index (κ2) is 9.50. The van der Waals surface area contributed by atoms with E-state index >= 15 is 0 Å². The van der Waals surface area contributed by atoms with Crippen LogP contribution in [-0.2, 0) is 6.54 Å². The van der Waals surface area contributed by atoms with E-state index in [1.165, 1.54) is 0 Å². The van der Waals surface area contributed by atoms with E-state index in [0.717, 1.165) is 16.8 Å². The first-order valence-electron chi connectivity index (χ1n) is 11.6. The highest BCUT2D eigenvalue weighted by atomic mass is 16.2. The van der Waals surface area contributed by atoms with Gasteiger partial charge in [0.15, 0.2) is 5.82 Å². The van der Waals surface area contributed by atoms with Crippen molar-refractivity contribution < 1.29 is 9.59 Å². The number of benzene rings is 2. The minimum Gasteiger partial charge on any atom is -0.348 e. The summed E-state index contributed by atoms with van der Waals surface area (Å²) in [6.45, 7) is 4.89. The molecule has 35 heavy (non-hydrogen) atoms. The van der Waals surface area contributed by atoms with Gasteiger partial charge in [0.25, 0.3) is 11.8 Å². The minimum absolute atomic E-state index is 0.0902. The fourth-order valence-electron chi connectivity index (χ4n) is 4.23. The average Bonchev–Trinajstić information content (AvgIpc) is 3.53. The zero-order valence-electron chi connectivity index (χ0n) is 19.6. The normalized spacial score (nSPS) is 14.7. The van der Waals surface area contributed by atoms with E-state index < -0.39 is 0 Å². The second-order valence-corrected chi connectivity index (χ2v) is 8.82. The maximum Gasteiger partial charge on any atom is 0.258 e. The summed E-state index contributed by atoms with van der Waals surface area (Å²) in [5.41, 5.74) is 3.75. The predicted molar refractivity (Wildman–Crippen MR) is 132 cm³/mol. The largest absolute Gasteiger partial charge is 0.348 e. The lowest BCUT2D eigenvalue weighted by atomic mass is 9.98. The maximum absolute atomic E-state index is 13.4. The van der Waals surface area contributed by atoms with Crippen molar-refractivity contribution in [2.75, 3.05) is 11.4 Å². The molecule has 4 aromatic rings. The van der Waals surface area contributed by atoms with Gasteiger partial charge in [0.1, 0.15) is 6.33 Å². The SMILES string of the molecule is CC(C)n1cnc([C@@H]2CN(C(=O)c3ccccc3)c3ccc(C(=O)NCc4ccncc4)cc32)n1. The summed E-state index contributed by atoms with van der Waals surface area (Å²) in [5, 5.41) is 7.63. The molecule has 0 unspecified atom stereocenters. The molecule has 1 aliphatic rings. The van der Waals surface area contributed by atoms with E-state index in [-0.39, 0.29) is 23.8 Å². The van der Waals surface area contributed by atoms with Crippen molar-refractivity contribution in [2.45, 2.75) is 32.4 Å². The summed E-state index contributed by atoms with van der Waals surface area (Å²) in [6.07, 6.45) is 5.11. The maximum atomic E-state index is 13.4. The molecule has 1 N–H and O–H groups in total. The Kier molecular flexibility index (Phi) is 6.10.